The number of hydrogen-bond acceptors (Lipinski definition) is 6. The van der Waals surface area contributed by atoms with Crippen molar-refractivity contribution < 1.29 is 4.74 Å². The van der Waals surface area contributed by atoms with E-state index in [1.165, 1.54) is 0 Å². The minimum Gasteiger partial charge on any atom is -0.377 e. The minimum atomic E-state index is -0.229. The fourth-order valence-electron chi connectivity index (χ4n) is 1.47. The predicted molar refractivity (Wildman–Crippen MR) is 76.5 cm³/mol. The molecule has 0 fully saturated rings. The van der Waals surface area contributed by atoms with Crippen LogP contribution >= 0.6 is 11.3 Å². The molecule has 0 spiro atoms. The van der Waals surface area contributed by atoms with Gasteiger partial charge in [0.2, 0.25) is 5.95 Å². The van der Waals surface area contributed by atoms with E-state index >= 15 is 0 Å². The molecular formula is C12H18N4OS. The molecule has 0 radical (unpaired) electrons. The smallest absolute Gasteiger partial charge is 0.225 e. The summed E-state index contributed by atoms with van der Waals surface area (Å²) in [5.74, 6) is 1.47. The van der Waals surface area contributed by atoms with Crippen molar-refractivity contribution in [1.82, 2.24) is 9.97 Å². The molecule has 0 saturated carbocycles. The van der Waals surface area contributed by atoms with E-state index in [2.05, 4.69) is 20.6 Å². The van der Waals surface area contributed by atoms with Crippen molar-refractivity contribution in [2.75, 3.05) is 31.3 Å². The number of anilines is 2. The fraction of sp³-hybridized carbons (Fsp3) is 0.500. The molecule has 0 atom stereocenters. The third-order valence-electron chi connectivity index (χ3n) is 2.78. The zero-order valence-corrected chi connectivity index (χ0v) is 11.9. The first-order valence-electron chi connectivity index (χ1n) is 5.78. The summed E-state index contributed by atoms with van der Waals surface area (Å²) in [6, 6.07) is 2.03. The van der Waals surface area contributed by atoms with Gasteiger partial charge in [0.1, 0.15) is 10.6 Å². The van der Waals surface area contributed by atoms with Crippen molar-refractivity contribution in [3.8, 4) is 0 Å². The van der Waals surface area contributed by atoms with Gasteiger partial charge in [-0.25, -0.2) is 4.98 Å². The maximum absolute atomic E-state index is 5.39. The highest BCUT2D eigenvalue weighted by atomic mass is 32.1. The van der Waals surface area contributed by atoms with E-state index in [9.17, 15) is 0 Å². The summed E-state index contributed by atoms with van der Waals surface area (Å²) in [6.45, 7) is 4.75. The third kappa shape index (κ3) is 2.70. The topological polar surface area (TPSA) is 59.1 Å². The van der Waals surface area contributed by atoms with Crippen molar-refractivity contribution in [1.29, 1.82) is 0 Å². The highest BCUT2D eigenvalue weighted by molar-refractivity contribution is 7.16. The standard InChI is InChI=1S/C12H18N4OS/c1-12(2,17-4)7-14-9-8-5-6-18-10(8)16-11(13-3)15-9/h5-6H,7H2,1-4H3,(H2,13,14,15,16). The number of methoxy groups -OCH3 is 1. The van der Waals surface area contributed by atoms with Crippen LogP contribution in [-0.2, 0) is 4.74 Å². The van der Waals surface area contributed by atoms with Gasteiger partial charge in [-0.1, -0.05) is 0 Å². The number of ether oxygens (including phenoxy) is 1. The largest absolute Gasteiger partial charge is 0.377 e. The van der Waals surface area contributed by atoms with Crippen molar-refractivity contribution in [2.45, 2.75) is 19.4 Å². The van der Waals surface area contributed by atoms with Crippen molar-refractivity contribution in [2.24, 2.45) is 0 Å². The number of nitrogens with zero attached hydrogens (tertiary/aromatic N) is 2. The lowest BCUT2D eigenvalue weighted by atomic mass is 10.1. The SMILES string of the molecule is CNc1nc(NCC(C)(C)OC)c2ccsc2n1. The summed E-state index contributed by atoms with van der Waals surface area (Å²) in [7, 11) is 3.53. The van der Waals surface area contributed by atoms with Crippen molar-refractivity contribution in [3.63, 3.8) is 0 Å². The van der Waals surface area contributed by atoms with Crippen LogP contribution in [0.15, 0.2) is 11.4 Å². The molecule has 2 N–H and O–H groups in total. The molecule has 6 heteroatoms. The van der Waals surface area contributed by atoms with E-state index in [0.717, 1.165) is 16.0 Å². The fourth-order valence-corrected chi connectivity index (χ4v) is 2.23. The van der Waals surface area contributed by atoms with Crippen molar-refractivity contribution in [3.05, 3.63) is 11.4 Å². The summed E-state index contributed by atoms with van der Waals surface area (Å²) in [5, 5.41) is 9.37. The number of thiophene rings is 1. The average Bonchev–Trinajstić information content (AvgIpc) is 2.84. The van der Waals surface area contributed by atoms with Crippen LogP contribution in [0, 0.1) is 0 Å². The first-order valence-corrected chi connectivity index (χ1v) is 6.66. The Hall–Kier alpha value is -1.40. The summed E-state index contributed by atoms with van der Waals surface area (Å²) in [4.78, 5) is 9.83. The number of aromatic nitrogens is 2. The lowest BCUT2D eigenvalue weighted by Crippen LogP contribution is -2.32. The Kier molecular flexibility index (Phi) is 3.68. The molecule has 0 saturated heterocycles. The van der Waals surface area contributed by atoms with E-state index in [0.29, 0.717) is 12.5 Å². The van der Waals surface area contributed by atoms with Crippen LogP contribution < -0.4 is 10.6 Å². The summed E-state index contributed by atoms with van der Waals surface area (Å²) >= 11 is 1.61. The van der Waals surface area contributed by atoms with Gasteiger partial charge in [-0.3, -0.25) is 0 Å². The van der Waals surface area contributed by atoms with E-state index in [1.807, 2.05) is 32.3 Å². The minimum absolute atomic E-state index is 0.229. The summed E-state index contributed by atoms with van der Waals surface area (Å²) < 4.78 is 5.39. The molecular weight excluding hydrogens is 248 g/mol. The molecule has 0 aliphatic rings. The molecule has 0 aromatic carbocycles. The zero-order chi connectivity index (χ0) is 13.2. The second-order valence-corrected chi connectivity index (χ2v) is 5.50. The second kappa shape index (κ2) is 5.07. The molecule has 2 rings (SSSR count). The van der Waals surface area contributed by atoms with E-state index in [-0.39, 0.29) is 5.60 Å². The number of rotatable bonds is 5. The van der Waals surface area contributed by atoms with Gasteiger partial charge >= 0.3 is 0 Å². The maximum Gasteiger partial charge on any atom is 0.225 e. The molecule has 98 valence electrons. The van der Waals surface area contributed by atoms with Crippen LogP contribution in [0.1, 0.15) is 13.8 Å². The molecule has 2 aromatic rings. The Bertz CT molecular complexity index is 538. The molecule has 0 aliphatic carbocycles. The number of nitrogens with one attached hydrogen (secondary N) is 2. The predicted octanol–water partition coefficient (Wildman–Crippen LogP) is 2.57. The Morgan fingerprint density at radius 2 is 2.17 bits per heavy atom. The lowest BCUT2D eigenvalue weighted by molar-refractivity contribution is 0.0343. The number of fused-ring (bicyclic) bond motifs is 1. The van der Waals surface area contributed by atoms with Gasteiger partial charge in [-0.2, -0.15) is 4.98 Å². The molecule has 18 heavy (non-hydrogen) atoms. The van der Waals surface area contributed by atoms with Crippen LogP contribution in [0.2, 0.25) is 0 Å². The molecule has 2 heterocycles. The number of hydrogen-bond donors (Lipinski definition) is 2. The van der Waals surface area contributed by atoms with E-state index in [4.69, 9.17) is 4.74 Å². The van der Waals surface area contributed by atoms with Crippen LogP contribution in [-0.4, -0.2) is 36.3 Å². The van der Waals surface area contributed by atoms with Crippen LogP contribution in [0.4, 0.5) is 11.8 Å². The quantitative estimate of drug-likeness (QED) is 0.871. The second-order valence-electron chi connectivity index (χ2n) is 4.60. The lowest BCUT2D eigenvalue weighted by Gasteiger charge is -2.23. The zero-order valence-electron chi connectivity index (χ0n) is 11.1. The molecule has 0 amide bonds. The Morgan fingerprint density at radius 3 is 2.83 bits per heavy atom. The Morgan fingerprint density at radius 1 is 1.39 bits per heavy atom. The summed E-state index contributed by atoms with van der Waals surface area (Å²) in [6.07, 6.45) is 0. The molecule has 2 aromatic heterocycles. The van der Waals surface area contributed by atoms with Crippen LogP contribution in [0.25, 0.3) is 10.2 Å². The van der Waals surface area contributed by atoms with Crippen molar-refractivity contribution >= 4 is 33.3 Å². The Labute approximate surface area is 111 Å². The third-order valence-corrected chi connectivity index (χ3v) is 3.59. The molecule has 5 nitrogen and oxygen atoms in total. The summed E-state index contributed by atoms with van der Waals surface area (Å²) in [5.41, 5.74) is -0.229. The van der Waals surface area contributed by atoms with E-state index < -0.39 is 0 Å². The van der Waals surface area contributed by atoms with Gasteiger partial charge < -0.3 is 15.4 Å². The van der Waals surface area contributed by atoms with Gasteiger partial charge in [0.25, 0.3) is 0 Å². The first kappa shape index (κ1) is 13.0. The normalized spacial score (nSPS) is 11.8. The monoisotopic (exact) mass is 266 g/mol. The molecule has 0 bridgehead atoms. The van der Waals surface area contributed by atoms with Crippen LogP contribution in [0.5, 0.6) is 0 Å². The average molecular weight is 266 g/mol. The highest BCUT2D eigenvalue weighted by Crippen LogP contribution is 2.26. The van der Waals surface area contributed by atoms with Gasteiger partial charge in [0, 0.05) is 20.7 Å². The Balaban J connectivity index is 2.28. The van der Waals surface area contributed by atoms with Gasteiger partial charge in [0.15, 0.2) is 0 Å². The first-order chi connectivity index (χ1) is 8.55. The van der Waals surface area contributed by atoms with Gasteiger partial charge in [-0.05, 0) is 25.3 Å². The van der Waals surface area contributed by atoms with Gasteiger partial charge in [-0.15, -0.1) is 11.3 Å². The maximum atomic E-state index is 5.39. The van der Waals surface area contributed by atoms with Crippen LogP contribution in [0.3, 0.4) is 0 Å². The van der Waals surface area contributed by atoms with E-state index in [1.54, 1.807) is 18.4 Å². The molecule has 0 unspecified atom stereocenters. The molecule has 0 aliphatic heterocycles. The van der Waals surface area contributed by atoms with Gasteiger partial charge in [0.05, 0.1) is 11.0 Å². The highest BCUT2D eigenvalue weighted by Gasteiger charge is 2.17.